The van der Waals surface area contributed by atoms with Crippen molar-refractivity contribution in [1.29, 1.82) is 0 Å². The quantitative estimate of drug-likeness (QED) is 0.214. The number of rotatable bonds is 10. The van der Waals surface area contributed by atoms with E-state index in [9.17, 15) is 13.2 Å². The molecule has 228 valence electrons. The summed E-state index contributed by atoms with van der Waals surface area (Å²) in [6.07, 6.45) is 4.99. The normalized spacial score (nSPS) is 13.8. The van der Waals surface area contributed by atoms with Crippen LogP contribution in [0.4, 0.5) is 5.69 Å². The molecule has 10 nitrogen and oxygen atoms in total. The third kappa shape index (κ3) is 6.12. The van der Waals surface area contributed by atoms with Crippen LogP contribution in [-0.2, 0) is 26.0 Å². The fourth-order valence-electron chi connectivity index (χ4n) is 5.28. The molecule has 0 aliphatic carbocycles. The zero-order valence-corrected chi connectivity index (χ0v) is 25.5. The lowest BCUT2D eigenvalue weighted by Crippen LogP contribution is -2.36. The van der Waals surface area contributed by atoms with Crippen LogP contribution in [-0.4, -0.2) is 68.6 Å². The third-order valence-electron chi connectivity index (χ3n) is 7.67. The number of benzene rings is 2. The Morgan fingerprint density at radius 2 is 1.77 bits per heavy atom. The van der Waals surface area contributed by atoms with E-state index in [1.165, 1.54) is 10.0 Å². The SMILES string of the molecule is COCCOc1cccc(Cn2ccc(-c3cn(S(=O)(=O)c4ccc(C)cc4)c4ncc(N5CCOCC5)cc34)cc2=O)c1. The Hall–Kier alpha value is -4.45. The van der Waals surface area contributed by atoms with Gasteiger partial charge in [-0.2, -0.15) is 0 Å². The van der Waals surface area contributed by atoms with Crippen LogP contribution >= 0.6 is 0 Å². The summed E-state index contributed by atoms with van der Waals surface area (Å²) in [6.45, 7) is 5.81. The van der Waals surface area contributed by atoms with Crippen molar-refractivity contribution in [2.45, 2.75) is 18.4 Å². The van der Waals surface area contributed by atoms with Gasteiger partial charge in [0.1, 0.15) is 12.4 Å². The van der Waals surface area contributed by atoms with Gasteiger partial charge < -0.3 is 23.7 Å². The summed E-state index contributed by atoms with van der Waals surface area (Å²) >= 11 is 0. The summed E-state index contributed by atoms with van der Waals surface area (Å²) < 4.78 is 46.8. The first kappa shape index (κ1) is 29.6. The Bertz CT molecular complexity index is 1940. The number of ether oxygens (including phenoxy) is 3. The average Bonchev–Trinajstić information content (AvgIpc) is 3.43. The van der Waals surface area contributed by atoms with E-state index in [-0.39, 0.29) is 10.5 Å². The molecule has 0 bridgehead atoms. The van der Waals surface area contributed by atoms with Crippen LogP contribution in [0.15, 0.2) is 95.0 Å². The van der Waals surface area contributed by atoms with Crippen LogP contribution in [0.1, 0.15) is 11.1 Å². The third-order valence-corrected chi connectivity index (χ3v) is 9.33. The minimum atomic E-state index is -3.96. The van der Waals surface area contributed by atoms with Crippen LogP contribution in [0.25, 0.3) is 22.2 Å². The Balaban J connectivity index is 1.39. The van der Waals surface area contributed by atoms with E-state index >= 15 is 0 Å². The van der Waals surface area contributed by atoms with E-state index < -0.39 is 10.0 Å². The molecule has 0 radical (unpaired) electrons. The Morgan fingerprint density at radius 3 is 2.52 bits per heavy atom. The van der Waals surface area contributed by atoms with Crippen molar-refractivity contribution in [1.82, 2.24) is 13.5 Å². The van der Waals surface area contributed by atoms with Gasteiger partial charge in [0.2, 0.25) is 0 Å². The van der Waals surface area contributed by atoms with E-state index in [1.54, 1.807) is 54.5 Å². The van der Waals surface area contributed by atoms with Gasteiger partial charge in [0.15, 0.2) is 5.65 Å². The molecule has 5 aromatic rings. The number of hydrogen-bond acceptors (Lipinski definition) is 8. The first-order valence-electron chi connectivity index (χ1n) is 14.4. The Labute approximate surface area is 256 Å². The summed E-state index contributed by atoms with van der Waals surface area (Å²) in [4.78, 5) is 20.3. The van der Waals surface area contributed by atoms with Crippen LogP contribution in [0.5, 0.6) is 5.75 Å². The largest absolute Gasteiger partial charge is 0.491 e. The van der Waals surface area contributed by atoms with E-state index in [4.69, 9.17) is 14.2 Å². The summed E-state index contributed by atoms with van der Waals surface area (Å²) in [5.41, 5.74) is 4.03. The molecule has 0 spiro atoms. The first-order chi connectivity index (χ1) is 21.3. The number of nitrogens with zero attached hydrogens (tertiary/aromatic N) is 4. The average molecular weight is 615 g/mol. The van der Waals surface area contributed by atoms with Crippen LogP contribution in [0.3, 0.4) is 0 Å². The second kappa shape index (κ2) is 12.7. The number of aromatic nitrogens is 3. The second-order valence-corrected chi connectivity index (χ2v) is 12.5. The van der Waals surface area contributed by atoms with Gasteiger partial charge in [-0.15, -0.1) is 0 Å². The van der Waals surface area contributed by atoms with E-state index in [2.05, 4.69) is 9.88 Å². The highest BCUT2D eigenvalue weighted by atomic mass is 32.2. The molecule has 1 aliphatic rings. The topological polar surface area (TPSA) is 105 Å². The fourth-order valence-corrected chi connectivity index (χ4v) is 6.60. The van der Waals surface area contributed by atoms with Gasteiger partial charge in [0, 0.05) is 49.6 Å². The molecule has 44 heavy (non-hydrogen) atoms. The lowest BCUT2D eigenvalue weighted by Gasteiger charge is -2.28. The second-order valence-electron chi connectivity index (χ2n) is 10.7. The van der Waals surface area contributed by atoms with E-state index in [0.29, 0.717) is 74.0 Å². The van der Waals surface area contributed by atoms with Gasteiger partial charge in [-0.1, -0.05) is 29.8 Å². The number of anilines is 1. The lowest BCUT2D eigenvalue weighted by atomic mass is 10.1. The molecule has 0 N–H and O–H groups in total. The highest BCUT2D eigenvalue weighted by Gasteiger charge is 2.24. The predicted molar refractivity (Wildman–Crippen MR) is 169 cm³/mol. The van der Waals surface area contributed by atoms with Crippen molar-refractivity contribution >= 4 is 26.7 Å². The molecule has 3 aromatic heterocycles. The molecule has 1 fully saturated rings. The highest BCUT2D eigenvalue weighted by Crippen LogP contribution is 2.34. The number of fused-ring (bicyclic) bond motifs is 1. The molecule has 0 amide bonds. The minimum absolute atomic E-state index is 0.162. The molecular formula is C33H34N4O6S. The van der Waals surface area contributed by atoms with E-state index in [0.717, 1.165) is 16.8 Å². The number of aryl methyl sites for hydroxylation is 1. The zero-order valence-electron chi connectivity index (χ0n) is 24.7. The van der Waals surface area contributed by atoms with E-state index in [1.807, 2.05) is 43.3 Å². The molecule has 1 aliphatic heterocycles. The van der Waals surface area contributed by atoms with Gasteiger partial charge in [0.25, 0.3) is 15.6 Å². The molecule has 0 atom stereocenters. The summed E-state index contributed by atoms with van der Waals surface area (Å²) in [5.74, 6) is 0.704. The standard InChI is InChI=1S/C33H34N4O6S/c1-24-6-8-29(9-7-24)44(39,40)37-23-31(30-20-27(21-34-33(30)37)35-12-14-42-15-13-35)26-10-11-36(32(38)19-26)22-25-4-3-5-28(18-25)43-17-16-41-2/h3-11,18-21,23H,12-17,22H2,1-2H3. The molecule has 0 saturated carbocycles. The van der Waals surface area contributed by atoms with Gasteiger partial charge in [-0.05, 0) is 54.4 Å². The molecule has 11 heteroatoms. The van der Waals surface area contributed by atoms with Crippen LogP contribution in [0, 0.1) is 6.92 Å². The summed E-state index contributed by atoms with van der Waals surface area (Å²) in [7, 11) is -2.34. The lowest BCUT2D eigenvalue weighted by molar-refractivity contribution is 0.122. The number of methoxy groups -OCH3 is 1. The highest BCUT2D eigenvalue weighted by molar-refractivity contribution is 7.90. The number of morpholine rings is 1. The van der Waals surface area contributed by atoms with Crippen LogP contribution < -0.4 is 15.2 Å². The van der Waals surface area contributed by atoms with Gasteiger partial charge in [-0.3, -0.25) is 4.79 Å². The first-order valence-corrected chi connectivity index (χ1v) is 15.8. The van der Waals surface area contributed by atoms with Crippen LogP contribution in [0.2, 0.25) is 0 Å². The van der Waals surface area contributed by atoms with Crippen molar-refractivity contribution in [2.24, 2.45) is 0 Å². The molecule has 2 aromatic carbocycles. The smallest absolute Gasteiger partial charge is 0.269 e. The Kier molecular flexibility index (Phi) is 8.51. The maximum Gasteiger partial charge on any atom is 0.269 e. The van der Waals surface area contributed by atoms with Crippen molar-refractivity contribution in [2.75, 3.05) is 51.5 Å². The zero-order chi connectivity index (χ0) is 30.7. The maximum absolute atomic E-state index is 13.8. The molecule has 6 rings (SSSR count). The monoisotopic (exact) mass is 614 g/mol. The van der Waals surface area contributed by atoms with Crippen molar-refractivity contribution < 1.29 is 22.6 Å². The summed E-state index contributed by atoms with van der Waals surface area (Å²) in [5, 5.41) is 0.641. The fraction of sp³-hybridized carbons (Fsp3) is 0.273. The molecular weight excluding hydrogens is 580 g/mol. The van der Waals surface area contributed by atoms with Crippen molar-refractivity contribution in [3.8, 4) is 16.9 Å². The molecule has 0 unspecified atom stereocenters. The summed E-state index contributed by atoms with van der Waals surface area (Å²) in [6, 6.07) is 19.6. The maximum atomic E-state index is 13.8. The Morgan fingerprint density at radius 1 is 0.977 bits per heavy atom. The van der Waals surface area contributed by atoms with Gasteiger partial charge in [0.05, 0.1) is 43.1 Å². The molecule has 4 heterocycles. The van der Waals surface area contributed by atoms with Gasteiger partial charge in [-0.25, -0.2) is 17.4 Å². The minimum Gasteiger partial charge on any atom is -0.491 e. The van der Waals surface area contributed by atoms with Gasteiger partial charge >= 0.3 is 0 Å². The predicted octanol–water partition coefficient (Wildman–Crippen LogP) is 4.32. The van der Waals surface area contributed by atoms with Crippen molar-refractivity contribution in [3.05, 3.63) is 107 Å². The number of pyridine rings is 2. The van der Waals surface area contributed by atoms with Crippen molar-refractivity contribution in [3.63, 3.8) is 0 Å². The molecule has 1 saturated heterocycles. The number of hydrogen-bond donors (Lipinski definition) is 0.